The third kappa shape index (κ3) is 4.58. The van der Waals surface area contributed by atoms with Gasteiger partial charge in [-0.1, -0.05) is 17.7 Å². The van der Waals surface area contributed by atoms with Crippen molar-refractivity contribution in [3.63, 3.8) is 0 Å². The lowest BCUT2D eigenvalue weighted by Crippen LogP contribution is -2.60. The molecule has 0 saturated carbocycles. The number of amides is 1. The number of rotatable bonds is 5. The van der Waals surface area contributed by atoms with E-state index in [1.807, 2.05) is 30.5 Å². The summed E-state index contributed by atoms with van der Waals surface area (Å²) in [7, 11) is 1.67. The quantitative estimate of drug-likeness (QED) is 0.567. The summed E-state index contributed by atoms with van der Waals surface area (Å²) in [5.74, 6) is -0.363. The third-order valence-corrected chi connectivity index (χ3v) is 7.02. The Bertz CT molecular complexity index is 1390. The molecule has 9 heteroatoms. The first-order chi connectivity index (χ1) is 17.4. The van der Waals surface area contributed by atoms with E-state index in [1.165, 1.54) is 12.1 Å². The number of aromatic nitrogens is 2. The molecule has 0 aliphatic carbocycles. The molecule has 1 amide bonds. The van der Waals surface area contributed by atoms with Crippen molar-refractivity contribution >= 4 is 45.5 Å². The number of hydrogen-bond donors (Lipinski definition) is 1. The highest BCUT2D eigenvalue weighted by Crippen LogP contribution is 2.29. The topological polar surface area (TPSA) is 73.7 Å². The Kier molecular flexibility index (Phi) is 6.73. The van der Waals surface area contributed by atoms with Gasteiger partial charge in [-0.15, -0.1) is 0 Å². The van der Waals surface area contributed by atoms with Gasteiger partial charge in [-0.3, -0.25) is 19.7 Å². The highest BCUT2D eigenvalue weighted by molar-refractivity contribution is 6.35. The second-order valence-corrected chi connectivity index (χ2v) is 9.70. The van der Waals surface area contributed by atoms with E-state index in [1.54, 1.807) is 13.1 Å². The summed E-state index contributed by atoms with van der Waals surface area (Å²) < 4.78 is 14.6. The first-order valence-corrected chi connectivity index (χ1v) is 12.4. The zero-order valence-electron chi connectivity index (χ0n) is 20.5. The number of anilines is 1. The van der Waals surface area contributed by atoms with Gasteiger partial charge in [-0.25, -0.2) is 9.37 Å². The average Bonchev–Trinajstić information content (AvgIpc) is 3.38. The number of pyridine rings is 2. The number of carbonyl (C=O) groups is 1. The van der Waals surface area contributed by atoms with Gasteiger partial charge in [0.05, 0.1) is 40.9 Å². The normalized spacial score (nSPS) is 18.5. The van der Waals surface area contributed by atoms with Crippen LogP contribution in [0.2, 0.25) is 5.02 Å². The Hall–Kier alpha value is -3.36. The molecule has 7 nitrogen and oxygen atoms in total. The Balaban J connectivity index is 1.45. The fourth-order valence-corrected chi connectivity index (χ4v) is 5.09. The number of nitrogens with zero attached hydrogens (tertiary/aromatic N) is 5. The lowest BCUT2D eigenvalue weighted by molar-refractivity contribution is -0.126. The number of carbonyl (C=O) groups excluding carboxylic acids is 1. The number of fused-ring (bicyclic) bond motifs is 1. The second kappa shape index (κ2) is 9.95. The standard InChI is InChI=1S/C27H28ClFN6O/c1-16(2)35-11-10-34(15-25(35)27(36)30-3)18-13-24-23(32-14-18)7-6-22(33-24)19-8-9-31-26(19)20-12-17(28)4-5-21(20)29/h4-8,12-14,16,25H,9-11,15H2,1-3H3,(H,30,36)/t25-/m1/s1. The van der Waals surface area contributed by atoms with E-state index in [-0.39, 0.29) is 23.8 Å². The maximum absolute atomic E-state index is 14.6. The van der Waals surface area contributed by atoms with Crippen LogP contribution in [0, 0.1) is 5.82 Å². The van der Waals surface area contributed by atoms with E-state index in [9.17, 15) is 9.18 Å². The van der Waals surface area contributed by atoms with Crippen molar-refractivity contribution in [3.05, 3.63) is 70.8 Å². The van der Waals surface area contributed by atoms with Gasteiger partial charge in [0.25, 0.3) is 0 Å². The fourth-order valence-electron chi connectivity index (χ4n) is 4.91. The van der Waals surface area contributed by atoms with Crippen molar-refractivity contribution in [1.29, 1.82) is 0 Å². The van der Waals surface area contributed by atoms with Gasteiger partial charge < -0.3 is 10.2 Å². The number of nitrogens with one attached hydrogen (secondary N) is 1. The molecule has 0 bridgehead atoms. The van der Waals surface area contributed by atoms with Crippen LogP contribution in [0.3, 0.4) is 0 Å². The fraction of sp³-hybridized carbons (Fsp3) is 0.333. The minimum absolute atomic E-state index is 0.00999. The maximum Gasteiger partial charge on any atom is 0.238 e. The summed E-state index contributed by atoms with van der Waals surface area (Å²) in [6.07, 6.45) is 3.78. The minimum Gasteiger partial charge on any atom is -0.367 e. The Morgan fingerprint density at radius 1 is 1.17 bits per heavy atom. The average molecular weight is 507 g/mol. The van der Waals surface area contributed by atoms with Crippen molar-refractivity contribution < 1.29 is 9.18 Å². The van der Waals surface area contributed by atoms with Gasteiger partial charge >= 0.3 is 0 Å². The van der Waals surface area contributed by atoms with Crippen LogP contribution in [0.15, 0.2) is 53.7 Å². The number of halogens is 2. The van der Waals surface area contributed by atoms with Gasteiger partial charge in [0.2, 0.25) is 5.91 Å². The highest BCUT2D eigenvalue weighted by atomic mass is 35.5. The maximum atomic E-state index is 14.6. The summed E-state index contributed by atoms with van der Waals surface area (Å²) in [5.41, 5.74) is 4.79. The molecule has 1 N–H and O–H groups in total. The molecule has 0 spiro atoms. The first kappa shape index (κ1) is 24.3. The molecule has 1 atom stereocenters. The molecule has 0 radical (unpaired) electrons. The number of likely N-dealkylation sites (N-methyl/N-ethyl adjacent to an activating group) is 1. The van der Waals surface area contributed by atoms with Crippen molar-refractivity contribution in [3.8, 4) is 0 Å². The highest BCUT2D eigenvalue weighted by Gasteiger charge is 2.33. The van der Waals surface area contributed by atoms with Crippen molar-refractivity contribution in [1.82, 2.24) is 20.2 Å². The Morgan fingerprint density at radius 2 is 2.00 bits per heavy atom. The molecule has 186 valence electrons. The number of aliphatic imine (C=N–C) groups is 1. The van der Waals surface area contributed by atoms with Crippen LogP contribution in [0.4, 0.5) is 10.1 Å². The van der Waals surface area contributed by atoms with E-state index in [0.29, 0.717) is 35.1 Å². The SMILES string of the molecule is CNC(=O)[C@H]1CN(c2cnc3ccc(C4=CCN=C4c4cc(Cl)ccc4F)nc3c2)CCN1C(C)C. The van der Waals surface area contributed by atoms with Gasteiger partial charge in [0.1, 0.15) is 11.9 Å². The molecule has 3 aromatic rings. The van der Waals surface area contributed by atoms with Crippen LogP contribution in [0.25, 0.3) is 16.6 Å². The number of piperazine rings is 1. The van der Waals surface area contributed by atoms with Gasteiger partial charge in [0, 0.05) is 48.9 Å². The number of hydrogen-bond acceptors (Lipinski definition) is 6. The molecule has 1 saturated heterocycles. The summed E-state index contributed by atoms with van der Waals surface area (Å²) >= 11 is 6.13. The smallest absolute Gasteiger partial charge is 0.238 e. The lowest BCUT2D eigenvalue weighted by Gasteiger charge is -2.43. The number of allylic oxidation sites excluding steroid dienone is 1. The van der Waals surface area contributed by atoms with E-state index < -0.39 is 0 Å². The summed E-state index contributed by atoms with van der Waals surface area (Å²) in [6.45, 7) is 6.81. The first-order valence-electron chi connectivity index (χ1n) is 12.1. The van der Waals surface area contributed by atoms with E-state index in [2.05, 4.69) is 38.9 Å². The molecule has 5 rings (SSSR count). The number of benzene rings is 1. The molecule has 2 aliphatic rings. The van der Waals surface area contributed by atoms with Crippen LogP contribution in [0.5, 0.6) is 0 Å². The third-order valence-electron chi connectivity index (χ3n) is 6.78. The van der Waals surface area contributed by atoms with Crippen molar-refractivity contribution in [2.75, 3.05) is 38.1 Å². The van der Waals surface area contributed by atoms with Crippen LogP contribution in [-0.4, -0.2) is 71.8 Å². The molecule has 1 aromatic carbocycles. The lowest BCUT2D eigenvalue weighted by atomic mass is 9.99. The molecule has 36 heavy (non-hydrogen) atoms. The zero-order valence-corrected chi connectivity index (χ0v) is 21.3. The molecular weight excluding hydrogens is 479 g/mol. The van der Waals surface area contributed by atoms with Crippen LogP contribution >= 0.6 is 11.6 Å². The van der Waals surface area contributed by atoms with Crippen LogP contribution < -0.4 is 10.2 Å². The molecule has 4 heterocycles. The molecular formula is C27H28ClFN6O. The monoisotopic (exact) mass is 506 g/mol. The Morgan fingerprint density at radius 3 is 2.78 bits per heavy atom. The minimum atomic E-state index is -0.373. The van der Waals surface area contributed by atoms with Gasteiger partial charge in [0.15, 0.2) is 0 Å². The zero-order chi connectivity index (χ0) is 25.4. The molecule has 2 aliphatic heterocycles. The van der Waals surface area contributed by atoms with Crippen LogP contribution in [0.1, 0.15) is 25.1 Å². The van der Waals surface area contributed by atoms with Gasteiger partial charge in [-0.05, 0) is 50.2 Å². The van der Waals surface area contributed by atoms with E-state index in [4.69, 9.17) is 16.6 Å². The van der Waals surface area contributed by atoms with Crippen LogP contribution in [-0.2, 0) is 4.79 Å². The predicted molar refractivity (Wildman–Crippen MR) is 142 cm³/mol. The summed E-state index contributed by atoms with van der Waals surface area (Å²) in [6, 6.07) is 10.3. The molecule has 2 aromatic heterocycles. The second-order valence-electron chi connectivity index (χ2n) is 9.27. The molecule has 0 unspecified atom stereocenters. The molecule has 1 fully saturated rings. The predicted octanol–water partition coefficient (Wildman–Crippen LogP) is 3.95. The summed E-state index contributed by atoms with van der Waals surface area (Å²) in [5, 5.41) is 3.25. The van der Waals surface area contributed by atoms with Crippen molar-refractivity contribution in [2.24, 2.45) is 4.99 Å². The van der Waals surface area contributed by atoms with E-state index >= 15 is 0 Å². The largest absolute Gasteiger partial charge is 0.367 e. The van der Waals surface area contributed by atoms with E-state index in [0.717, 1.165) is 35.4 Å². The van der Waals surface area contributed by atoms with Gasteiger partial charge in [-0.2, -0.15) is 0 Å². The Labute approximate surface area is 214 Å². The van der Waals surface area contributed by atoms with Crippen molar-refractivity contribution in [2.45, 2.75) is 25.9 Å². The summed E-state index contributed by atoms with van der Waals surface area (Å²) in [4.78, 5) is 31.0.